The van der Waals surface area contributed by atoms with Gasteiger partial charge in [-0.25, -0.2) is 4.79 Å². The molecule has 2 N–H and O–H groups in total. The monoisotopic (exact) mass is 298 g/mol. The maximum absolute atomic E-state index is 11.9. The number of benzene rings is 1. The summed E-state index contributed by atoms with van der Waals surface area (Å²) in [5.74, 6) is -1.84. The van der Waals surface area contributed by atoms with Crippen LogP contribution >= 0.6 is 11.6 Å². The molecular formula is C12H11ClN2O5. The molecule has 1 aromatic rings. The number of carboxylic acids is 1. The van der Waals surface area contributed by atoms with E-state index in [-0.39, 0.29) is 16.5 Å². The minimum atomic E-state index is -1.11. The maximum atomic E-state index is 11.9. The Bertz CT molecular complexity index is 585. The highest BCUT2D eigenvalue weighted by Crippen LogP contribution is 2.33. The van der Waals surface area contributed by atoms with E-state index in [4.69, 9.17) is 16.7 Å². The van der Waals surface area contributed by atoms with Crippen LogP contribution in [0.3, 0.4) is 0 Å². The Balaban J connectivity index is 2.18. The van der Waals surface area contributed by atoms with Gasteiger partial charge in [-0.2, -0.15) is 0 Å². The van der Waals surface area contributed by atoms with Crippen LogP contribution in [0.1, 0.15) is 23.2 Å². The van der Waals surface area contributed by atoms with Crippen LogP contribution in [0, 0.1) is 16.0 Å². The molecule has 0 radical (unpaired) electrons. The van der Waals surface area contributed by atoms with Gasteiger partial charge in [-0.1, -0.05) is 11.6 Å². The maximum Gasteiger partial charge on any atom is 0.326 e. The van der Waals surface area contributed by atoms with Gasteiger partial charge >= 0.3 is 5.97 Å². The molecule has 0 aromatic heterocycles. The Morgan fingerprint density at radius 3 is 2.60 bits per heavy atom. The van der Waals surface area contributed by atoms with Crippen molar-refractivity contribution in [1.82, 2.24) is 5.32 Å². The normalized spacial score (nSPS) is 15.4. The number of aliphatic carboxylic acids is 1. The van der Waals surface area contributed by atoms with E-state index in [1.54, 1.807) is 0 Å². The summed E-state index contributed by atoms with van der Waals surface area (Å²) >= 11 is 5.65. The summed E-state index contributed by atoms with van der Waals surface area (Å²) in [4.78, 5) is 33.0. The zero-order chi connectivity index (χ0) is 14.9. The van der Waals surface area contributed by atoms with E-state index in [9.17, 15) is 19.7 Å². The van der Waals surface area contributed by atoms with Gasteiger partial charge in [0, 0.05) is 11.6 Å². The first-order chi connectivity index (χ1) is 9.40. The number of nitrogens with one attached hydrogen (secondary N) is 1. The van der Waals surface area contributed by atoms with Gasteiger partial charge in [-0.3, -0.25) is 14.9 Å². The van der Waals surface area contributed by atoms with E-state index >= 15 is 0 Å². The fraction of sp³-hybridized carbons (Fsp3) is 0.333. The van der Waals surface area contributed by atoms with Gasteiger partial charge in [-0.15, -0.1) is 0 Å². The van der Waals surface area contributed by atoms with Gasteiger partial charge in [-0.05, 0) is 30.9 Å². The summed E-state index contributed by atoms with van der Waals surface area (Å²) in [6.07, 6.45) is 1.50. The van der Waals surface area contributed by atoms with Crippen molar-refractivity contribution in [2.45, 2.75) is 18.9 Å². The van der Waals surface area contributed by atoms with Gasteiger partial charge in [0.15, 0.2) is 0 Å². The van der Waals surface area contributed by atoms with Crippen LogP contribution in [0.5, 0.6) is 0 Å². The summed E-state index contributed by atoms with van der Waals surface area (Å²) < 4.78 is 0. The molecular weight excluding hydrogens is 288 g/mol. The molecule has 0 bridgehead atoms. The minimum Gasteiger partial charge on any atom is -0.480 e. The lowest BCUT2D eigenvalue weighted by atomic mass is 10.1. The van der Waals surface area contributed by atoms with Crippen molar-refractivity contribution in [3.05, 3.63) is 38.9 Å². The molecule has 1 aromatic carbocycles. The van der Waals surface area contributed by atoms with Crippen LogP contribution < -0.4 is 5.32 Å². The van der Waals surface area contributed by atoms with Crippen LogP contribution in [0.4, 0.5) is 5.69 Å². The second-order valence-electron chi connectivity index (χ2n) is 4.55. The van der Waals surface area contributed by atoms with Crippen molar-refractivity contribution in [1.29, 1.82) is 0 Å². The number of nitrogens with zero attached hydrogens (tertiary/aromatic N) is 1. The molecule has 0 aliphatic heterocycles. The number of hydrogen-bond donors (Lipinski definition) is 2. The van der Waals surface area contributed by atoms with Gasteiger partial charge in [0.1, 0.15) is 11.1 Å². The number of carbonyl (C=O) groups is 2. The van der Waals surface area contributed by atoms with Gasteiger partial charge in [0.05, 0.1) is 4.92 Å². The molecule has 1 fully saturated rings. The van der Waals surface area contributed by atoms with Crippen molar-refractivity contribution in [2.75, 3.05) is 0 Å². The lowest BCUT2D eigenvalue weighted by molar-refractivity contribution is -0.384. The lowest BCUT2D eigenvalue weighted by Crippen LogP contribution is -2.42. The number of carboxylic acid groups (broad SMARTS) is 1. The van der Waals surface area contributed by atoms with Crippen molar-refractivity contribution < 1.29 is 19.6 Å². The molecule has 106 valence electrons. The first kappa shape index (κ1) is 14.3. The molecule has 7 nitrogen and oxygen atoms in total. The molecule has 1 unspecified atom stereocenters. The molecule has 8 heteroatoms. The van der Waals surface area contributed by atoms with Crippen LogP contribution in [0.2, 0.25) is 5.02 Å². The predicted octanol–water partition coefficient (Wildman–Crippen LogP) is 1.84. The fourth-order valence-corrected chi connectivity index (χ4v) is 2.02. The number of nitro benzene ring substituents is 1. The summed E-state index contributed by atoms with van der Waals surface area (Å²) in [5, 5.41) is 22.1. The molecule has 1 aliphatic rings. The van der Waals surface area contributed by atoms with Crippen molar-refractivity contribution in [3.8, 4) is 0 Å². The number of hydrogen-bond acceptors (Lipinski definition) is 4. The van der Waals surface area contributed by atoms with Crippen LogP contribution in [-0.2, 0) is 4.79 Å². The first-order valence-corrected chi connectivity index (χ1v) is 6.25. The van der Waals surface area contributed by atoms with Gasteiger partial charge in [0.2, 0.25) is 0 Å². The molecule has 1 saturated carbocycles. The number of rotatable bonds is 5. The molecule has 1 atom stereocenters. The Hall–Kier alpha value is -2.15. The zero-order valence-corrected chi connectivity index (χ0v) is 11.0. The highest BCUT2D eigenvalue weighted by Gasteiger charge is 2.37. The largest absolute Gasteiger partial charge is 0.480 e. The molecule has 2 rings (SSSR count). The van der Waals surface area contributed by atoms with Crippen LogP contribution in [0.25, 0.3) is 0 Å². The molecule has 1 amide bonds. The van der Waals surface area contributed by atoms with Crippen LogP contribution in [0.15, 0.2) is 18.2 Å². The van der Waals surface area contributed by atoms with Gasteiger partial charge < -0.3 is 10.4 Å². The molecule has 0 heterocycles. The average molecular weight is 299 g/mol. The minimum absolute atomic E-state index is 0.00741. The fourth-order valence-electron chi connectivity index (χ4n) is 1.83. The summed E-state index contributed by atoms with van der Waals surface area (Å²) in [6.45, 7) is 0. The summed E-state index contributed by atoms with van der Waals surface area (Å²) in [7, 11) is 0. The number of amides is 1. The van der Waals surface area contributed by atoms with E-state index in [1.807, 2.05) is 0 Å². The summed E-state index contributed by atoms with van der Waals surface area (Å²) in [5.41, 5.74) is -0.384. The van der Waals surface area contributed by atoms with Crippen molar-refractivity contribution >= 4 is 29.2 Å². The first-order valence-electron chi connectivity index (χ1n) is 5.87. The Kier molecular flexibility index (Phi) is 3.89. The zero-order valence-electron chi connectivity index (χ0n) is 10.2. The topological polar surface area (TPSA) is 110 Å². The Labute approximate surface area is 118 Å². The smallest absolute Gasteiger partial charge is 0.326 e. The van der Waals surface area contributed by atoms with Gasteiger partial charge in [0.25, 0.3) is 11.6 Å². The van der Waals surface area contributed by atoms with Crippen LogP contribution in [-0.4, -0.2) is 27.9 Å². The highest BCUT2D eigenvalue weighted by atomic mass is 35.5. The van der Waals surface area contributed by atoms with E-state index in [1.165, 1.54) is 12.1 Å². The predicted molar refractivity (Wildman–Crippen MR) is 69.7 cm³/mol. The third kappa shape index (κ3) is 3.05. The second-order valence-corrected chi connectivity index (χ2v) is 4.96. The van der Waals surface area contributed by atoms with Crippen molar-refractivity contribution in [2.24, 2.45) is 5.92 Å². The number of nitro groups is 1. The summed E-state index contributed by atoms with van der Waals surface area (Å²) in [6, 6.07) is 2.62. The molecule has 1 aliphatic carbocycles. The van der Waals surface area contributed by atoms with Crippen molar-refractivity contribution in [3.63, 3.8) is 0 Å². The highest BCUT2D eigenvalue weighted by molar-refractivity contribution is 6.32. The molecule has 20 heavy (non-hydrogen) atoms. The lowest BCUT2D eigenvalue weighted by Gasteiger charge is -2.13. The Morgan fingerprint density at radius 1 is 1.45 bits per heavy atom. The average Bonchev–Trinajstić information content (AvgIpc) is 3.19. The molecule has 0 spiro atoms. The number of halogens is 1. The standard InChI is InChI=1S/C12H11ClN2O5/c13-8-4-3-7(5-9(8)15(19)20)11(16)14-10(12(17)18)6-1-2-6/h3-6,10H,1-2H2,(H,14,16)(H,17,18). The van der Waals surface area contributed by atoms with E-state index in [0.29, 0.717) is 0 Å². The molecule has 0 saturated heterocycles. The quantitative estimate of drug-likeness (QED) is 0.636. The third-order valence-corrected chi connectivity index (χ3v) is 3.37. The second kappa shape index (κ2) is 5.46. The SMILES string of the molecule is O=C(NC(C(=O)O)C1CC1)c1ccc(Cl)c([N+](=O)[O-])c1. The van der Waals surface area contributed by atoms with E-state index in [2.05, 4.69) is 5.32 Å². The van der Waals surface area contributed by atoms with E-state index < -0.39 is 28.5 Å². The van der Waals surface area contributed by atoms with E-state index in [0.717, 1.165) is 18.9 Å². The Morgan fingerprint density at radius 2 is 2.10 bits per heavy atom. The number of carbonyl (C=O) groups excluding carboxylic acids is 1. The third-order valence-electron chi connectivity index (χ3n) is 3.05.